The van der Waals surface area contributed by atoms with Crippen molar-refractivity contribution in [2.45, 2.75) is 33.1 Å². The predicted octanol–water partition coefficient (Wildman–Crippen LogP) is 4.82. The molecule has 1 atom stereocenters. The first-order chi connectivity index (χ1) is 13.3. The highest BCUT2D eigenvalue weighted by atomic mass is 16.3. The second-order valence-electron chi connectivity index (χ2n) is 6.67. The molecule has 0 saturated carbocycles. The third-order valence-corrected chi connectivity index (χ3v) is 4.50. The van der Waals surface area contributed by atoms with E-state index in [2.05, 4.69) is 0 Å². The van der Waals surface area contributed by atoms with Crippen LogP contribution in [0.3, 0.4) is 0 Å². The van der Waals surface area contributed by atoms with Crippen molar-refractivity contribution in [1.29, 1.82) is 0 Å². The van der Waals surface area contributed by atoms with Crippen LogP contribution in [0.1, 0.15) is 44.2 Å². The zero-order valence-electron chi connectivity index (χ0n) is 16.3. The zero-order chi connectivity index (χ0) is 20.7. The van der Waals surface area contributed by atoms with Gasteiger partial charge < -0.3 is 5.11 Å². The summed E-state index contributed by atoms with van der Waals surface area (Å²) in [4.78, 5) is 37.3. The fraction of sp³-hybridized carbons (Fsp3) is 0.208. The molecule has 4 nitrogen and oxygen atoms in total. The van der Waals surface area contributed by atoms with Crippen molar-refractivity contribution in [3.05, 3.63) is 88.7 Å². The maximum absolute atomic E-state index is 13.0. The van der Waals surface area contributed by atoms with E-state index in [-0.39, 0.29) is 40.7 Å². The van der Waals surface area contributed by atoms with Gasteiger partial charge in [0.2, 0.25) is 0 Å². The number of hydrogen-bond acceptors (Lipinski definition) is 4. The van der Waals surface area contributed by atoms with Gasteiger partial charge in [-0.25, -0.2) is 0 Å². The molecule has 1 N–H and O–H groups in total. The molecule has 0 saturated heterocycles. The lowest BCUT2D eigenvalue weighted by atomic mass is 9.82. The molecule has 28 heavy (non-hydrogen) atoms. The second kappa shape index (κ2) is 9.60. The highest BCUT2D eigenvalue weighted by Crippen LogP contribution is 2.32. The van der Waals surface area contributed by atoms with E-state index in [1.54, 1.807) is 18.2 Å². The van der Waals surface area contributed by atoms with Crippen LogP contribution in [0.25, 0.3) is 6.08 Å². The summed E-state index contributed by atoms with van der Waals surface area (Å²) in [5, 5.41) is 10.1. The Morgan fingerprint density at radius 1 is 0.857 bits per heavy atom. The average molecular weight is 376 g/mol. The van der Waals surface area contributed by atoms with Crippen molar-refractivity contribution >= 4 is 23.4 Å². The van der Waals surface area contributed by atoms with E-state index >= 15 is 0 Å². The molecular formula is C24H24O4. The first kappa shape index (κ1) is 21.0. The van der Waals surface area contributed by atoms with Gasteiger partial charge in [-0.3, -0.25) is 14.4 Å². The molecule has 0 aliphatic carbocycles. The Morgan fingerprint density at radius 3 is 1.86 bits per heavy atom. The van der Waals surface area contributed by atoms with Gasteiger partial charge in [0, 0.05) is 17.9 Å². The molecule has 2 aromatic carbocycles. The Morgan fingerprint density at radius 2 is 1.39 bits per heavy atom. The molecule has 0 fully saturated rings. The lowest BCUT2D eigenvalue weighted by Crippen LogP contribution is -2.19. The maximum Gasteiger partial charge on any atom is 0.167 e. The summed E-state index contributed by atoms with van der Waals surface area (Å²) in [6.45, 7) is 4.15. The summed E-state index contributed by atoms with van der Waals surface area (Å²) in [6, 6.07) is 18.2. The first-order valence-corrected chi connectivity index (χ1v) is 9.07. The van der Waals surface area contributed by atoms with Gasteiger partial charge in [-0.05, 0) is 38.0 Å². The maximum atomic E-state index is 13.0. The van der Waals surface area contributed by atoms with Crippen LogP contribution in [0, 0.1) is 0 Å². The largest absolute Gasteiger partial charge is 0.512 e. The highest BCUT2D eigenvalue weighted by molar-refractivity contribution is 6.22. The van der Waals surface area contributed by atoms with E-state index in [1.165, 1.54) is 20.8 Å². The van der Waals surface area contributed by atoms with Gasteiger partial charge >= 0.3 is 0 Å². The van der Waals surface area contributed by atoms with Crippen LogP contribution >= 0.6 is 0 Å². The third-order valence-electron chi connectivity index (χ3n) is 4.50. The van der Waals surface area contributed by atoms with Gasteiger partial charge in [0.15, 0.2) is 17.3 Å². The van der Waals surface area contributed by atoms with Crippen molar-refractivity contribution in [2.24, 2.45) is 0 Å². The minimum Gasteiger partial charge on any atom is -0.512 e. The number of hydrogen-bond donors (Lipinski definition) is 1. The summed E-state index contributed by atoms with van der Waals surface area (Å²) in [6.07, 6.45) is 1.48. The van der Waals surface area contributed by atoms with Crippen LogP contribution in [0.5, 0.6) is 0 Å². The van der Waals surface area contributed by atoms with Gasteiger partial charge in [-0.2, -0.15) is 0 Å². The fourth-order valence-electron chi connectivity index (χ4n) is 3.21. The van der Waals surface area contributed by atoms with Crippen LogP contribution < -0.4 is 0 Å². The van der Waals surface area contributed by atoms with Gasteiger partial charge in [-0.15, -0.1) is 0 Å². The predicted molar refractivity (Wildman–Crippen MR) is 110 cm³/mol. The van der Waals surface area contributed by atoms with E-state index in [4.69, 9.17) is 0 Å². The highest BCUT2D eigenvalue weighted by Gasteiger charge is 2.27. The Labute approximate surface area is 165 Å². The van der Waals surface area contributed by atoms with Crippen molar-refractivity contribution in [3.63, 3.8) is 0 Å². The smallest absolute Gasteiger partial charge is 0.167 e. The molecule has 144 valence electrons. The molecule has 1 unspecified atom stereocenters. The molecule has 0 spiro atoms. The average Bonchev–Trinajstić information content (AvgIpc) is 2.66. The van der Waals surface area contributed by atoms with Crippen LogP contribution in [0.15, 0.2) is 77.6 Å². The Hall–Kier alpha value is -3.27. The fourth-order valence-corrected chi connectivity index (χ4v) is 3.21. The lowest BCUT2D eigenvalue weighted by Gasteiger charge is -2.20. The quantitative estimate of drug-likeness (QED) is 0.310. The Kier molecular flexibility index (Phi) is 7.21. The third kappa shape index (κ3) is 5.36. The number of allylic oxidation sites excluding steroid dienone is 3. The van der Waals surface area contributed by atoms with Crippen molar-refractivity contribution in [3.8, 4) is 0 Å². The molecule has 0 amide bonds. The summed E-state index contributed by atoms with van der Waals surface area (Å²) in [7, 11) is 0. The number of benzene rings is 2. The van der Waals surface area contributed by atoms with E-state index < -0.39 is 5.92 Å². The zero-order valence-corrected chi connectivity index (χ0v) is 16.3. The normalized spacial score (nSPS) is 13.5. The SMILES string of the molecule is CC(=O)/C(=C(/C)O)C(CC(=O)/C(=C/c1ccccc1)C(C)=O)c1ccccc1. The molecule has 0 heterocycles. The minimum atomic E-state index is -0.630. The molecule has 0 aliphatic rings. The summed E-state index contributed by atoms with van der Waals surface area (Å²) < 4.78 is 0. The van der Waals surface area contributed by atoms with Crippen molar-refractivity contribution in [1.82, 2.24) is 0 Å². The van der Waals surface area contributed by atoms with E-state index in [1.807, 2.05) is 48.5 Å². The summed E-state index contributed by atoms with van der Waals surface area (Å²) in [5.74, 6) is -1.77. The van der Waals surface area contributed by atoms with Crippen LogP contribution in [0.4, 0.5) is 0 Å². The standard InChI is InChI=1S/C24H24O4/c1-16(25)21(14-19-10-6-4-7-11-19)23(28)15-22(20-12-8-5-9-13-20)24(17(2)26)18(3)27/h4-14,22,26H,15H2,1-3H3/b21-14+,24-17+. The van der Waals surface area contributed by atoms with Gasteiger partial charge in [0.1, 0.15) is 0 Å². The van der Waals surface area contributed by atoms with E-state index in [0.29, 0.717) is 0 Å². The van der Waals surface area contributed by atoms with Gasteiger partial charge in [-0.1, -0.05) is 60.7 Å². The minimum absolute atomic E-state index is 0.0747. The van der Waals surface area contributed by atoms with Gasteiger partial charge in [0.25, 0.3) is 0 Å². The molecule has 0 radical (unpaired) electrons. The first-order valence-electron chi connectivity index (χ1n) is 9.07. The van der Waals surface area contributed by atoms with E-state index in [9.17, 15) is 19.5 Å². The van der Waals surface area contributed by atoms with Crippen LogP contribution in [0.2, 0.25) is 0 Å². The number of rotatable bonds is 8. The Balaban J connectivity index is 2.46. The number of carbonyl (C=O) groups excluding carboxylic acids is 3. The van der Waals surface area contributed by atoms with E-state index in [0.717, 1.165) is 11.1 Å². The monoisotopic (exact) mass is 376 g/mol. The molecule has 2 rings (SSSR count). The number of ketones is 3. The number of Topliss-reactive ketones (excluding diaryl/α,β-unsaturated/α-hetero) is 3. The van der Waals surface area contributed by atoms with Gasteiger partial charge in [0.05, 0.1) is 11.3 Å². The molecular weight excluding hydrogens is 352 g/mol. The molecule has 0 aromatic heterocycles. The topological polar surface area (TPSA) is 71.4 Å². The summed E-state index contributed by atoms with van der Waals surface area (Å²) >= 11 is 0. The number of aliphatic hydroxyl groups is 1. The van der Waals surface area contributed by atoms with Crippen molar-refractivity contribution < 1.29 is 19.5 Å². The lowest BCUT2D eigenvalue weighted by molar-refractivity contribution is -0.120. The number of aliphatic hydroxyl groups excluding tert-OH is 1. The van der Waals surface area contributed by atoms with Crippen molar-refractivity contribution in [2.75, 3.05) is 0 Å². The Bertz CT molecular complexity index is 918. The molecule has 2 aromatic rings. The molecule has 0 bridgehead atoms. The number of carbonyl (C=O) groups is 3. The van der Waals surface area contributed by atoms with Crippen LogP contribution in [-0.4, -0.2) is 22.5 Å². The molecule has 0 aliphatic heterocycles. The van der Waals surface area contributed by atoms with Crippen LogP contribution in [-0.2, 0) is 14.4 Å². The molecule has 4 heteroatoms. The summed E-state index contributed by atoms with van der Waals surface area (Å²) in [5.41, 5.74) is 1.74. The second-order valence-corrected chi connectivity index (χ2v) is 6.67.